The molecule has 0 saturated carbocycles. The molecule has 1 atom stereocenters. The molecule has 1 heterocycles. The van der Waals surface area contributed by atoms with Gasteiger partial charge in [-0.05, 0) is 24.6 Å². The predicted molar refractivity (Wildman–Crippen MR) is 86.9 cm³/mol. The van der Waals surface area contributed by atoms with Crippen LogP contribution in [0, 0.1) is 0 Å². The van der Waals surface area contributed by atoms with E-state index in [-0.39, 0.29) is 5.97 Å². The lowest BCUT2D eigenvalue weighted by molar-refractivity contribution is -0.144. The molecule has 2 aromatic carbocycles. The van der Waals surface area contributed by atoms with Crippen molar-refractivity contribution in [2.75, 3.05) is 11.6 Å². The maximum absolute atomic E-state index is 12.3. The van der Waals surface area contributed by atoms with Crippen molar-refractivity contribution in [1.29, 1.82) is 0 Å². The van der Waals surface area contributed by atoms with Gasteiger partial charge in [-0.15, -0.1) is 0 Å². The van der Waals surface area contributed by atoms with Crippen LogP contribution in [0.1, 0.15) is 18.9 Å². The van der Waals surface area contributed by atoms with E-state index in [4.69, 9.17) is 4.74 Å². The number of hydrogen-bond acceptors (Lipinski definition) is 4. The number of rotatable bonds is 4. The van der Waals surface area contributed by atoms with Gasteiger partial charge < -0.3 is 4.74 Å². The van der Waals surface area contributed by atoms with Gasteiger partial charge in [-0.2, -0.15) is 5.10 Å². The smallest absolute Gasteiger partial charge is 0.331 e. The number of benzene rings is 2. The molecule has 4 nitrogen and oxygen atoms in total. The van der Waals surface area contributed by atoms with Gasteiger partial charge in [-0.3, -0.25) is 5.01 Å². The first-order valence-corrected chi connectivity index (χ1v) is 7.43. The van der Waals surface area contributed by atoms with Crippen LogP contribution in [0.3, 0.4) is 0 Å². The van der Waals surface area contributed by atoms with E-state index in [1.807, 2.05) is 67.6 Å². The minimum Gasteiger partial charge on any atom is -0.464 e. The molecule has 4 heteroatoms. The summed E-state index contributed by atoms with van der Waals surface area (Å²) in [7, 11) is 0. The normalized spacial score (nSPS) is 17.2. The van der Waals surface area contributed by atoms with E-state index in [0.29, 0.717) is 13.0 Å². The zero-order valence-corrected chi connectivity index (χ0v) is 12.5. The molecule has 0 spiro atoms. The van der Waals surface area contributed by atoms with Crippen LogP contribution in [0.4, 0.5) is 5.69 Å². The molecule has 0 saturated heterocycles. The van der Waals surface area contributed by atoms with Crippen LogP contribution in [0.5, 0.6) is 0 Å². The van der Waals surface area contributed by atoms with Crippen molar-refractivity contribution in [2.45, 2.75) is 19.4 Å². The van der Waals surface area contributed by atoms with E-state index in [1.54, 1.807) is 5.01 Å². The lowest BCUT2D eigenvalue weighted by atomic mass is 10.0. The largest absolute Gasteiger partial charge is 0.464 e. The summed E-state index contributed by atoms with van der Waals surface area (Å²) in [6, 6.07) is 19.2. The first-order valence-electron chi connectivity index (χ1n) is 7.43. The topological polar surface area (TPSA) is 41.9 Å². The minimum atomic E-state index is -0.405. The fraction of sp³-hybridized carbons (Fsp3) is 0.222. The van der Waals surface area contributed by atoms with Crippen LogP contribution in [0.25, 0.3) is 0 Å². The zero-order valence-electron chi connectivity index (χ0n) is 12.5. The molecule has 1 unspecified atom stereocenters. The predicted octanol–water partition coefficient (Wildman–Crippen LogP) is 3.23. The molecule has 1 aliphatic heterocycles. The highest BCUT2D eigenvalue weighted by Gasteiger charge is 2.35. The highest BCUT2D eigenvalue weighted by atomic mass is 16.5. The summed E-state index contributed by atoms with van der Waals surface area (Å²) in [4.78, 5) is 12.3. The summed E-state index contributed by atoms with van der Waals surface area (Å²) in [5, 5.41) is 6.43. The van der Waals surface area contributed by atoms with Gasteiger partial charge in [0, 0.05) is 6.42 Å². The number of hydrazone groups is 1. The molecule has 0 radical (unpaired) electrons. The minimum absolute atomic E-state index is 0.235. The third kappa shape index (κ3) is 2.86. The Kier molecular flexibility index (Phi) is 4.19. The summed E-state index contributed by atoms with van der Waals surface area (Å²) in [6.07, 6.45) is 0.553. The Hall–Kier alpha value is -2.62. The highest BCUT2D eigenvalue weighted by Crippen LogP contribution is 2.27. The first-order chi connectivity index (χ1) is 10.8. The van der Waals surface area contributed by atoms with Crippen LogP contribution in [-0.4, -0.2) is 24.3 Å². The fourth-order valence-electron chi connectivity index (χ4n) is 2.56. The van der Waals surface area contributed by atoms with Crippen molar-refractivity contribution in [3.63, 3.8) is 0 Å². The quantitative estimate of drug-likeness (QED) is 0.813. The SMILES string of the molecule is CCOC(=O)C1CC(c2ccccc2)=NN1c1ccccc1. The first kappa shape index (κ1) is 14.3. The van der Waals surface area contributed by atoms with Crippen molar-refractivity contribution in [3.05, 3.63) is 66.2 Å². The lowest BCUT2D eigenvalue weighted by Gasteiger charge is -2.21. The standard InChI is InChI=1S/C18H18N2O2/c1-2-22-18(21)17-13-16(14-9-5-3-6-10-14)19-20(17)15-11-7-4-8-12-15/h3-12,17H,2,13H2,1H3. The molecule has 112 valence electrons. The van der Waals surface area contributed by atoms with Crippen molar-refractivity contribution >= 4 is 17.4 Å². The third-order valence-corrected chi connectivity index (χ3v) is 3.60. The number of carbonyl (C=O) groups is 1. The number of ether oxygens (including phenoxy) is 1. The molecule has 1 aliphatic rings. The number of hydrogen-bond donors (Lipinski definition) is 0. The molecule has 0 aromatic heterocycles. The molecule has 0 bridgehead atoms. The number of carbonyl (C=O) groups excluding carboxylic acids is 1. The van der Waals surface area contributed by atoms with Crippen LogP contribution < -0.4 is 5.01 Å². The summed E-state index contributed by atoms with van der Waals surface area (Å²) in [5.74, 6) is -0.235. The van der Waals surface area contributed by atoms with Gasteiger partial charge >= 0.3 is 5.97 Å². The molecular formula is C18H18N2O2. The number of anilines is 1. The molecule has 0 fully saturated rings. The lowest BCUT2D eigenvalue weighted by Crippen LogP contribution is -2.35. The average molecular weight is 294 g/mol. The fourth-order valence-corrected chi connectivity index (χ4v) is 2.56. The van der Waals surface area contributed by atoms with Crippen molar-refractivity contribution < 1.29 is 9.53 Å². The number of esters is 1. The Morgan fingerprint density at radius 2 is 1.77 bits per heavy atom. The van der Waals surface area contributed by atoms with Gasteiger partial charge in [0.1, 0.15) is 0 Å². The van der Waals surface area contributed by atoms with Gasteiger partial charge in [0.05, 0.1) is 18.0 Å². The maximum Gasteiger partial charge on any atom is 0.331 e. The van der Waals surface area contributed by atoms with Gasteiger partial charge in [0.15, 0.2) is 6.04 Å². The summed E-state index contributed by atoms with van der Waals surface area (Å²) < 4.78 is 5.21. The highest BCUT2D eigenvalue weighted by molar-refractivity contribution is 6.06. The van der Waals surface area contributed by atoms with E-state index in [1.165, 1.54) is 0 Å². The molecular weight excluding hydrogens is 276 g/mol. The van der Waals surface area contributed by atoms with E-state index in [9.17, 15) is 4.79 Å². The van der Waals surface area contributed by atoms with Gasteiger partial charge in [0.2, 0.25) is 0 Å². The molecule has 0 aliphatic carbocycles. The third-order valence-electron chi connectivity index (χ3n) is 3.60. The average Bonchev–Trinajstić information content (AvgIpc) is 3.02. The number of para-hydroxylation sites is 1. The second kappa shape index (κ2) is 6.43. The van der Waals surface area contributed by atoms with Crippen molar-refractivity contribution in [3.8, 4) is 0 Å². The Bertz CT molecular complexity index is 668. The van der Waals surface area contributed by atoms with Crippen molar-refractivity contribution in [1.82, 2.24) is 0 Å². The summed E-state index contributed by atoms with van der Waals surface area (Å²) in [5.41, 5.74) is 2.84. The molecule has 0 N–H and O–H groups in total. The van der Waals surface area contributed by atoms with Gasteiger partial charge in [-0.1, -0.05) is 48.5 Å². The van der Waals surface area contributed by atoms with Crippen LogP contribution >= 0.6 is 0 Å². The van der Waals surface area contributed by atoms with Gasteiger partial charge in [-0.25, -0.2) is 4.79 Å². The molecule has 3 rings (SSSR count). The van der Waals surface area contributed by atoms with E-state index in [0.717, 1.165) is 17.0 Å². The molecule has 22 heavy (non-hydrogen) atoms. The zero-order chi connectivity index (χ0) is 15.4. The molecule has 0 amide bonds. The summed E-state index contributed by atoms with van der Waals surface area (Å²) >= 11 is 0. The van der Waals surface area contributed by atoms with E-state index < -0.39 is 6.04 Å². The Morgan fingerprint density at radius 3 is 2.41 bits per heavy atom. The van der Waals surface area contributed by atoms with Gasteiger partial charge in [0.25, 0.3) is 0 Å². The van der Waals surface area contributed by atoms with Crippen molar-refractivity contribution in [2.24, 2.45) is 5.10 Å². The van der Waals surface area contributed by atoms with Crippen LogP contribution in [-0.2, 0) is 9.53 Å². The second-order valence-electron chi connectivity index (χ2n) is 5.06. The Balaban J connectivity index is 1.94. The Morgan fingerprint density at radius 1 is 1.14 bits per heavy atom. The van der Waals surface area contributed by atoms with Crippen LogP contribution in [0.2, 0.25) is 0 Å². The van der Waals surface area contributed by atoms with E-state index >= 15 is 0 Å². The molecule has 2 aromatic rings. The maximum atomic E-state index is 12.3. The van der Waals surface area contributed by atoms with E-state index in [2.05, 4.69) is 5.10 Å². The monoisotopic (exact) mass is 294 g/mol. The Labute approximate surface area is 130 Å². The number of nitrogens with zero attached hydrogens (tertiary/aromatic N) is 2. The summed E-state index contributed by atoms with van der Waals surface area (Å²) in [6.45, 7) is 2.19. The van der Waals surface area contributed by atoms with Crippen LogP contribution in [0.15, 0.2) is 65.8 Å². The second-order valence-corrected chi connectivity index (χ2v) is 5.06.